The number of hydrogen-bond donors (Lipinski definition) is 1. The SMILES string of the molecule is CCCCCCCNC(=O)CN1C(=O)[C@H](CC)Oc2ccccc21. The van der Waals surface area contributed by atoms with Crippen molar-refractivity contribution < 1.29 is 14.3 Å². The molecule has 0 spiro atoms. The second-order valence-electron chi connectivity index (χ2n) is 6.17. The standard InChI is InChI=1S/C19H28N2O3/c1-3-5-6-7-10-13-20-18(22)14-21-15-11-8-9-12-17(15)24-16(4-2)19(21)23/h8-9,11-12,16H,3-7,10,13-14H2,1-2H3,(H,20,22)/t16-/m0/s1. The first-order valence-corrected chi connectivity index (χ1v) is 9.01. The number of carbonyl (C=O) groups is 2. The summed E-state index contributed by atoms with van der Waals surface area (Å²) in [5.74, 6) is 0.399. The maximum absolute atomic E-state index is 12.5. The highest BCUT2D eigenvalue weighted by atomic mass is 16.5. The lowest BCUT2D eigenvalue weighted by Crippen LogP contribution is -2.49. The number of anilines is 1. The van der Waals surface area contributed by atoms with Crippen molar-refractivity contribution >= 4 is 17.5 Å². The van der Waals surface area contributed by atoms with Crippen LogP contribution in [-0.2, 0) is 9.59 Å². The third kappa shape index (κ3) is 4.73. The molecule has 0 radical (unpaired) electrons. The van der Waals surface area contributed by atoms with Gasteiger partial charge in [0, 0.05) is 6.54 Å². The highest BCUT2D eigenvalue weighted by Gasteiger charge is 2.33. The fourth-order valence-corrected chi connectivity index (χ4v) is 2.85. The van der Waals surface area contributed by atoms with Gasteiger partial charge in [0.05, 0.1) is 5.69 Å². The number of amides is 2. The number of benzene rings is 1. The summed E-state index contributed by atoms with van der Waals surface area (Å²) in [6.07, 6.45) is 5.85. The van der Waals surface area contributed by atoms with Gasteiger partial charge < -0.3 is 10.1 Å². The van der Waals surface area contributed by atoms with Gasteiger partial charge in [-0.1, -0.05) is 51.7 Å². The van der Waals surface area contributed by atoms with E-state index in [2.05, 4.69) is 12.2 Å². The molecular weight excluding hydrogens is 304 g/mol. The third-order valence-electron chi connectivity index (χ3n) is 4.24. The molecule has 1 aliphatic rings. The van der Waals surface area contributed by atoms with Gasteiger partial charge in [-0.3, -0.25) is 14.5 Å². The van der Waals surface area contributed by atoms with Crippen molar-refractivity contribution in [3.63, 3.8) is 0 Å². The quantitative estimate of drug-likeness (QED) is 0.706. The largest absolute Gasteiger partial charge is 0.478 e. The Morgan fingerprint density at radius 2 is 1.92 bits per heavy atom. The molecule has 132 valence electrons. The summed E-state index contributed by atoms with van der Waals surface area (Å²) in [4.78, 5) is 26.3. The van der Waals surface area contributed by atoms with Gasteiger partial charge in [-0.05, 0) is 25.0 Å². The highest BCUT2D eigenvalue weighted by Crippen LogP contribution is 2.34. The van der Waals surface area contributed by atoms with E-state index in [0.717, 1.165) is 12.8 Å². The van der Waals surface area contributed by atoms with Crippen molar-refractivity contribution in [3.8, 4) is 5.75 Å². The average Bonchev–Trinajstić information content (AvgIpc) is 2.60. The molecule has 1 atom stereocenters. The zero-order valence-corrected chi connectivity index (χ0v) is 14.7. The fraction of sp³-hybridized carbons (Fsp3) is 0.579. The van der Waals surface area contributed by atoms with E-state index in [9.17, 15) is 9.59 Å². The molecule has 0 saturated carbocycles. The minimum atomic E-state index is -0.512. The number of hydrogen-bond acceptors (Lipinski definition) is 3. The van der Waals surface area contributed by atoms with Crippen LogP contribution in [0.1, 0.15) is 52.4 Å². The number of unbranched alkanes of at least 4 members (excludes halogenated alkanes) is 4. The molecule has 1 aromatic carbocycles. The van der Waals surface area contributed by atoms with Gasteiger partial charge in [-0.25, -0.2) is 0 Å². The van der Waals surface area contributed by atoms with Gasteiger partial charge in [0.2, 0.25) is 5.91 Å². The fourth-order valence-electron chi connectivity index (χ4n) is 2.85. The van der Waals surface area contributed by atoms with E-state index >= 15 is 0 Å². The summed E-state index contributed by atoms with van der Waals surface area (Å²) in [5, 5.41) is 2.92. The molecule has 5 nitrogen and oxygen atoms in total. The maximum Gasteiger partial charge on any atom is 0.268 e. The van der Waals surface area contributed by atoms with Gasteiger partial charge in [-0.2, -0.15) is 0 Å². The van der Waals surface area contributed by atoms with E-state index in [-0.39, 0.29) is 18.4 Å². The van der Waals surface area contributed by atoms with Gasteiger partial charge in [-0.15, -0.1) is 0 Å². The van der Waals surface area contributed by atoms with Crippen molar-refractivity contribution in [1.29, 1.82) is 0 Å². The maximum atomic E-state index is 12.5. The lowest BCUT2D eigenvalue weighted by Gasteiger charge is -2.33. The van der Waals surface area contributed by atoms with E-state index in [1.165, 1.54) is 19.3 Å². The summed E-state index contributed by atoms with van der Waals surface area (Å²) in [7, 11) is 0. The number of nitrogens with zero attached hydrogens (tertiary/aromatic N) is 1. The van der Waals surface area contributed by atoms with Crippen LogP contribution in [0.25, 0.3) is 0 Å². The van der Waals surface area contributed by atoms with Crippen LogP contribution in [0.5, 0.6) is 5.75 Å². The molecule has 24 heavy (non-hydrogen) atoms. The first-order chi connectivity index (χ1) is 11.7. The molecule has 0 aliphatic carbocycles. The molecular formula is C19H28N2O3. The molecule has 5 heteroatoms. The van der Waals surface area contributed by atoms with Gasteiger partial charge in [0.1, 0.15) is 12.3 Å². The highest BCUT2D eigenvalue weighted by molar-refractivity contribution is 6.03. The van der Waals surface area contributed by atoms with Crippen LogP contribution in [0.15, 0.2) is 24.3 Å². The molecule has 2 rings (SSSR count). The molecule has 1 N–H and O–H groups in total. The Bertz CT molecular complexity index is 559. The third-order valence-corrected chi connectivity index (χ3v) is 4.24. The second kappa shape index (κ2) is 9.30. The van der Waals surface area contributed by atoms with Crippen molar-refractivity contribution in [2.75, 3.05) is 18.0 Å². The average molecular weight is 332 g/mol. The smallest absolute Gasteiger partial charge is 0.268 e. The minimum absolute atomic E-state index is 0.0463. The van der Waals surface area contributed by atoms with Crippen LogP contribution in [0.2, 0.25) is 0 Å². The van der Waals surface area contributed by atoms with Crippen LogP contribution in [0, 0.1) is 0 Å². The van der Waals surface area contributed by atoms with E-state index in [4.69, 9.17) is 4.74 Å². The van der Waals surface area contributed by atoms with Crippen LogP contribution < -0.4 is 15.0 Å². The summed E-state index contributed by atoms with van der Waals surface area (Å²) in [6.45, 7) is 4.80. The first-order valence-electron chi connectivity index (χ1n) is 9.01. The number of ether oxygens (including phenoxy) is 1. The normalized spacial score (nSPS) is 16.5. The molecule has 0 fully saturated rings. The van der Waals surface area contributed by atoms with Crippen LogP contribution >= 0.6 is 0 Å². The van der Waals surface area contributed by atoms with Crippen molar-refractivity contribution in [3.05, 3.63) is 24.3 Å². The molecule has 0 saturated heterocycles. The van der Waals surface area contributed by atoms with E-state index in [1.54, 1.807) is 4.90 Å². The Morgan fingerprint density at radius 1 is 1.17 bits per heavy atom. The number of fused-ring (bicyclic) bond motifs is 1. The Kier molecular flexibility index (Phi) is 7.09. The predicted molar refractivity (Wildman–Crippen MR) is 95.3 cm³/mol. The van der Waals surface area contributed by atoms with Gasteiger partial charge in [0.15, 0.2) is 6.10 Å². The summed E-state index contributed by atoms with van der Waals surface area (Å²) in [5.41, 5.74) is 0.672. The summed E-state index contributed by atoms with van der Waals surface area (Å²) >= 11 is 0. The van der Waals surface area contributed by atoms with E-state index < -0.39 is 6.10 Å². The lowest BCUT2D eigenvalue weighted by atomic mass is 10.1. The topological polar surface area (TPSA) is 58.6 Å². The molecule has 0 unspecified atom stereocenters. The molecule has 0 aromatic heterocycles. The zero-order chi connectivity index (χ0) is 17.4. The Hall–Kier alpha value is -2.04. The Balaban J connectivity index is 1.90. The van der Waals surface area contributed by atoms with Crippen molar-refractivity contribution in [1.82, 2.24) is 5.32 Å². The second-order valence-corrected chi connectivity index (χ2v) is 6.17. The Morgan fingerprint density at radius 3 is 2.67 bits per heavy atom. The predicted octanol–water partition coefficient (Wildman–Crippen LogP) is 3.28. The Labute approximate surface area is 144 Å². The van der Waals surface area contributed by atoms with Gasteiger partial charge >= 0.3 is 0 Å². The van der Waals surface area contributed by atoms with Crippen molar-refractivity contribution in [2.24, 2.45) is 0 Å². The number of rotatable bonds is 9. The number of nitrogens with one attached hydrogen (secondary N) is 1. The molecule has 0 bridgehead atoms. The first kappa shape index (κ1) is 18.3. The zero-order valence-electron chi connectivity index (χ0n) is 14.7. The number of carbonyl (C=O) groups excluding carboxylic acids is 2. The van der Waals surface area contributed by atoms with Gasteiger partial charge in [0.25, 0.3) is 5.91 Å². The summed E-state index contributed by atoms with van der Waals surface area (Å²) < 4.78 is 5.72. The molecule has 1 heterocycles. The lowest BCUT2D eigenvalue weighted by molar-refractivity contribution is -0.129. The van der Waals surface area contributed by atoms with Crippen molar-refractivity contribution in [2.45, 2.75) is 58.5 Å². The molecule has 1 aromatic rings. The minimum Gasteiger partial charge on any atom is -0.478 e. The molecule has 2 amide bonds. The van der Waals surface area contributed by atoms with Crippen LogP contribution in [0.3, 0.4) is 0 Å². The van der Waals surface area contributed by atoms with E-state index in [1.807, 2.05) is 31.2 Å². The summed E-state index contributed by atoms with van der Waals surface area (Å²) in [6, 6.07) is 7.37. The monoisotopic (exact) mass is 332 g/mol. The van der Waals surface area contributed by atoms with Crippen LogP contribution in [0.4, 0.5) is 5.69 Å². The number of para-hydroxylation sites is 2. The van der Waals surface area contributed by atoms with E-state index in [0.29, 0.717) is 24.4 Å². The molecule has 1 aliphatic heterocycles. The van der Waals surface area contributed by atoms with Crippen LogP contribution in [-0.4, -0.2) is 31.0 Å².